The fraction of sp³-hybridized carbons (Fsp3) is 0.647. The average Bonchev–Trinajstić information content (AvgIpc) is 0.827. The molecule has 2 aromatic heterocycles. The molecule has 3 aromatic carbocycles. The van der Waals surface area contributed by atoms with Gasteiger partial charge in [0.1, 0.15) is 5.69 Å². The number of anilines is 4. The van der Waals surface area contributed by atoms with E-state index in [9.17, 15) is 15.3 Å². The Hall–Kier alpha value is -4.23. The summed E-state index contributed by atoms with van der Waals surface area (Å²) in [5.74, 6) is 2.77. The van der Waals surface area contributed by atoms with Gasteiger partial charge in [0, 0.05) is 183 Å². The van der Waals surface area contributed by atoms with Crippen molar-refractivity contribution in [2.75, 3.05) is 191 Å². The Bertz CT molecular complexity index is 2900. The average molecular weight is 1460 g/mol. The van der Waals surface area contributed by atoms with Crippen molar-refractivity contribution in [1.82, 2.24) is 65.1 Å². The van der Waals surface area contributed by atoms with E-state index in [4.69, 9.17) is 90.5 Å². The maximum absolute atomic E-state index is 9.52. The zero-order chi connectivity index (χ0) is 71.7. The Labute approximate surface area is 604 Å². The van der Waals surface area contributed by atoms with Crippen LogP contribution in [0.4, 0.5) is 23.5 Å². The Morgan fingerprint density at radius 1 is 0.485 bits per heavy atom. The minimum absolute atomic E-state index is 0. The van der Waals surface area contributed by atoms with Gasteiger partial charge in [0.25, 0.3) is 0 Å². The highest BCUT2D eigenvalue weighted by Crippen LogP contribution is 2.35. The molecule has 5 aromatic rings. The second-order valence-electron chi connectivity index (χ2n) is 26.8. The van der Waals surface area contributed by atoms with E-state index in [2.05, 4.69) is 147 Å². The standard InChI is InChI=1S/C17H22Cl2N6O.C15H24N2O.C11H15Cl2N.C11H19ClN6O.C8H18N2O.C4H11NO.CH4O.CH4/c1-17(2,10-26)25-8-6-24(7-9-25)16-21-15(20)14(22-23-16)11-4-3-5-12(18)13(11)19;1-15(2,13-18)17-10-8-16(9-11-17)12-14-6-4-3-5-7-14;12-6-8-14(9-7-13)10-11-4-2-1-3-5-11;1-11(2,7-19)18-5-3-17(4-6-18)10-14-9(13)8(12)15-16-10;1-8(2,7-11)10-5-3-9-4-6-10;1-4(2,5)3-6;1-2;/h3-5,26H,6-10H2,1-2H3,(H2,20,21,23);3-7,18H,8-13H2,1-2H3;1-5H,6-10H2;19H,3-7H2,1-2H3,(H2,13,14,16);9,11H,3-7H2,1-2H3;6H,3,5H2,1-2H3;2H,1H3;1H4. The van der Waals surface area contributed by atoms with Gasteiger partial charge in [0.15, 0.2) is 16.8 Å². The largest absolute Gasteiger partial charge is 0.400 e. The molecule has 0 bridgehead atoms. The molecule has 13 N–H and O–H groups in total. The van der Waals surface area contributed by atoms with E-state index in [0.29, 0.717) is 45.0 Å². The molecule has 0 aliphatic carbocycles. The topological polar surface area (TPSA) is 315 Å². The first-order valence-electron chi connectivity index (χ1n) is 32.7. The molecule has 97 heavy (non-hydrogen) atoms. The third kappa shape index (κ3) is 30.9. The number of hydrogen-bond acceptors (Lipinski definition) is 24. The number of aliphatic hydroxyl groups excluding tert-OH is 6. The van der Waals surface area contributed by atoms with Gasteiger partial charge in [-0.05, 0) is 86.4 Å². The summed E-state index contributed by atoms with van der Waals surface area (Å²) >= 11 is 29.4. The maximum Gasteiger partial charge on any atom is 0.247 e. The van der Waals surface area contributed by atoms with Gasteiger partial charge in [-0.1, -0.05) is 115 Å². The zero-order valence-electron chi connectivity index (χ0n) is 58.7. The molecule has 0 amide bonds. The lowest BCUT2D eigenvalue weighted by Gasteiger charge is -2.43. The minimum atomic E-state index is -0.403. The van der Waals surface area contributed by atoms with Crippen LogP contribution in [0.2, 0.25) is 15.2 Å². The number of aliphatic hydroxyl groups is 6. The van der Waals surface area contributed by atoms with Gasteiger partial charge in [0.2, 0.25) is 11.9 Å². The predicted molar refractivity (Wildman–Crippen MR) is 402 cm³/mol. The van der Waals surface area contributed by atoms with Crippen LogP contribution in [0.5, 0.6) is 0 Å². The van der Waals surface area contributed by atoms with Gasteiger partial charge in [-0.3, -0.25) is 29.4 Å². The molecule has 4 aliphatic heterocycles. The number of piperazine rings is 4. The molecule has 24 nitrogen and oxygen atoms in total. The van der Waals surface area contributed by atoms with Gasteiger partial charge in [-0.15, -0.1) is 43.6 Å². The number of nitrogen functional groups attached to an aromatic ring is 2. The third-order valence-electron chi connectivity index (χ3n) is 16.9. The number of nitrogens with one attached hydrogen (secondary N) is 1. The number of aromatic nitrogens is 6. The van der Waals surface area contributed by atoms with Crippen molar-refractivity contribution in [3.8, 4) is 11.3 Å². The fourth-order valence-corrected chi connectivity index (χ4v) is 11.1. The van der Waals surface area contributed by atoms with Crippen molar-refractivity contribution in [2.24, 2.45) is 5.73 Å². The summed E-state index contributed by atoms with van der Waals surface area (Å²) in [6, 6.07) is 26.3. The van der Waals surface area contributed by atoms with Crippen molar-refractivity contribution in [3.05, 3.63) is 105 Å². The van der Waals surface area contributed by atoms with Gasteiger partial charge >= 0.3 is 0 Å². The third-order valence-corrected chi connectivity index (χ3v) is 18.3. The van der Waals surface area contributed by atoms with Crippen LogP contribution in [0.3, 0.4) is 0 Å². The van der Waals surface area contributed by atoms with E-state index < -0.39 is 5.54 Å². The highest BCUT2D eigenvalue weighted by atomic mass is 35.5. The summed E-state index contributed by atoms with van der Waals surface area (Å²) in [4.78, 5) is 26.5. The highest BCUT2D eigenvalue weighted by molar-refractivity contribution is 6.43. The molecule has 29 heteroatoms. The Morgan fingerprint density at radius 2 is 0.866 bits per heavy atom. The second kappa shape index (κ2) is 44.9. The van der Waals surface area contributed by atoms with Crippen LogP contribution >= 0.6 is 58.0 Å². The Balaban J connectivity index is 0.000000409. The number of benzene rings is 3. The van der Waals surface area contributed by atoms with Crippen molar-refractivity contribution in [3.63, 3.8) is 0 Å². The van der Waals surface area contributed by atoms with Crippen LogP contribution in [-0.4, -0.2) is 288 Å². The lowest BCUT2D eigenvalue weighted by atomic mass is 10.0. The van der Waals surface area contributed by atoms with E-state index in [-0.39, 0.29) is 79.4 Å². The summed E-state index contributed by atoms with van der Waals surface area (Å²) in [5.41, 5.74) is 19.8. The van der Waals surface area contributed by atoms with Crippen molar-refractivity contribution >= 4 is 81.5 Å². The zero-order valence-corrected chi connectivity index (χ0v) is 62.4. The van der Waals surface area contributed by atoms with Crippen LogP contribution in [0, 0.1) is 0 Å². The van der Waals surface area contributed by atoms with Crippen LogP contribution in [0.15, 0.2) is 78.9 Å². The number of halogens is 5. The molecule has 0 atom stereocenters. The van der Waals surface area contributed by atoms with Gasteiger partial charge in [-0.25, -0.2) is 0 Å². The van der Waals surface area contributed by atoms with Crippen LogP contribution in [-0.2, 0) is 13.1 Å². The monoisotopic (exact) mass is 1460 g/mol. The van der Waals surface area contributed by atoms with Crippen molar-refractivity contribution in [1.29, 1.82) is 0 Å². The normalized spacial score (nSPS) is 16.2. The summed E-state index contributed by atoms with van der Waals surface area (Å²) in [6.07, 6.45) is 0. The fourth-order valence-electron chi connectivity index (χ4n) is 10.2. The van der Waals surface area contributed by atoms with Gasteiger partial charge in [0.05, 0.1) is 43.1 Å². The lowest BCUT2D eigenvalue weighted by Crippen LogP contribution is -2.56. The van der Waals surface area contributed by atoms with Crippen LogP contribution in [0.25, 0.3) is 11.3 Å². The van der Waals surface area contributed by atoms with E-state index in [1.165, 1.54) is 11.1 Å². The Morgan fingerprint density at radius 3 is 1.25 bits per heavy atom. The molecular weight excluding hydrogens is 1340 g/mol. The quantitative estimate of drug-likeness (QED) is 0.0373. The summed E-state index contributed by atoms with van der Waals surface area (Å²) in [6.45, 7) is 39.3. The number of nitrogens with zero attached hydrogens (tertiary/aromatic N) is 14. The smallest absolute Gasteiger partial charge is 0.247 e. The highest BCUT2D eigenvalue weighted by Gasteiger charge is 2.33. The Kier molecular flexibility index (Phi) is 41.1. The molecular formula is C68H117Cl5N18O6. The van der Waals surface area contributed by atoms with E-state index in [1.807, 2.05) is 43.6 Å². The molecule has 0 unspecified atom stereocenters. The maximum atomic E-state index is 9.52. The van der Waals surface area contributed by atoms with Crippen LogP contribution in [0.1, 0.15) is 87.8 Å². The van der Waals surface area contributed by atoms with E-state index in [0.717, 1.165) is 138 Å². The molecule has 4 fully saturated rings. The summed E-state index contributed by atoms with van der Waals surface area (Å²) < 4.78 is 0. The number of alkyl halides is 2. The number of rotatable bonds is 20. The summed E-state index contributed by atoms with van der Waals surface area (Å²) in [7, 11) is 1.00. The van der Waals surface area contributed by atoms with Gasteiger partial charge < -0.3 is 63.0 Å². The molecule has 9 rings (SSSR count). The van der Waals surface area contributed by atoms with E-state index >= 15 is 0 Å². The van der Waals surface area contributed by atoms with Crippen molar-refractivity contribution in [2.45, 2.75) is 117 Å². The molecule has 4 aliphatic rings. The molecule has 6 heterocycles. The number of nitrogens with two attached hydrogens (primary N) is 3. The summed E-state index contributed by atoms with van der Waals surface area (Å²) in [5, 5.41) is 73.1. The molecule has 0 saturated carbocycles. The molecule has 0 radical (unpaired) electrons. The number of hydrogen-bond donors (Lipinski definition) is 10. The SMILES string of the molecule is C.CC(C)(CO)N1CCN(Cc2ccccc2)CC1.CC(C)(CO)N1CCN(c2nnc(-c3cccc(Cl)c3Cl)c(N)n2)CC1.CC(C)(CO)N1CCN(c2nnc(Cl)c(N)n2)CC1.CC(C)(CO)N1CCNCC1.CC(C)(N)CO.CO.ClCCN(CCCl)Cc1ccccc1. The first-order chi connectivity index (χ1) is 45.5. The first kappa shape index (κ1) is 88.9. The molecule has 550 valence electrons. The van der Waals surface area contributed by atoms with Crippen molar-refractivity contribution < 1.29 is 30.6 Å². The van der Waals surface area contributed by atoms with E-state index in [1.54, 1.807) is 32.0 Å². The molecule has 4 saturated heterocycles. The lowest BCUT2D eigenvalue weighted by molar-refractivity contribution is 0.0148. The second-order valence-corrected chi connectivity index (χ2v) is 28.7. The first-order valence-corrected chi connectivity index (χ1v) is 34.9. The van der Waals surface area contributed by atoms with Crippen LogP contribution < -0.4 is 32.3 Å². The minimum Gasteiger partial charge on any atom is -0.400 e. The van der Waals surface area contributed by atoms with Gasteiger partial charge in [-0.2, -0.15) is 9.97 Å². The molecule has 0 spiro atoms. The predicted octanol–water partition coefficient (Wildman–Crippen LogP) is 6.49.